The average Bonchev–Trinajstić information content (AvgIpc) is 2.70. The highest BCUT2D eigenvalue weighted by atomic mass is 35.5. The van der Waals surface area contributed by atoms with Crippen molar-refractivity contribution in [3.8, 4) is 0 Å². The molecule has 2 rings (SSSR count). The Kier molecular flexibility index (Phi) is 3.10. The highest BCUT2D eigenvalue weighted by Gasteiger charge is 2.08. The molecular weight excluding hydrogens is 240 g/mol. The molecule has 0 radical (unpaired) electrons. The summed E-state index contributed by atoms with van der Waals surface area (Å²) in [5.74, 6) is -0.221. The molecule has 1 N–H and O–H groups in total. The zero-order chi connectivity index (χ0) is 12.4. The summed E-state index contributed by atoms with van der Waals surface area (Å²) in [6.07, 6.45) is 4.67. The van der Waals surface area contributed by atoms with Crippen molar-refractivity contribution in [1.82, 2.24) is 14.8 Å². The number of hydrogen-bond donors (Lipinski definition) is 1. The number of nitrogens with one attached hydrogen (secondary N) is 1. The van der Waals surface area contributed by atoms with Crippen molar-refractivity contribution in [3.05, 3.63) is 40.9 Å². The lowest BCUT2D eigenvalue weighted by molar-refractivity contribution is 0.102. The van der Waals surface area contributed by atoms with E-state index in [9.17, 15) is 4.79 Å². The van der Waals surface area contributed by atoms with E-state index in [0.717, 1.165) is 5.56 Å². The lowest BCUT2D eigenvalue weighted by Crippen LogP contribution is -2.11. The molecule has 0 unspecified atom stereocenters. The summed E-state index contributed by atoms with van der Waals surface area (Å²) in [6.45, 7) is 1.83. The van der Waals surface area contributed by atoms with Crippen LogP contribution in [0.1, 0.15) is 15.9 Å². The third-order valence-electron chi connectivity index (χ3n) is 2.24. The van der Waals surface area contributed by atoms with E-state index in [1.54, 1.807) is 24.0 Å². The van der Waals surface area contributed by atoms with Gasteiger partial charge in [0, 0.05) is 13.2 Å². The SMILES string of the molecule is Cc1cc(NC(=O)c2cnn(C)c2)cnc1Cl. The molecule has 5 nitrogen and oxygen atoms in total. The van der Waals surface area contributed by atoms with Gasteiger partial charge in [-0.1, -0.05) is 11.6 Å². The topological polar surface area (TPSA) is 59.8 Å². The van der Waals surface area contributed by atoms with E-state index in [1.165, 1.54) is 12.4 Å². The summed E-state index contributed by atoms with van der Waals surface area (Å²) in [4.78, 5) is 15.8. The highest BCUT2D eigenvalue weighted by Crippen LogP contribution is 2.16. The fourth-order valence-corrected chi connectivity index (χ4v) is 1.47. The number of anilines is 1. The summed E-state index contributed by atoms with van der Waals surface area (Å²) >= 11 is 5.80. The number of nitrogens with zero attached hydrogens (tertiary/aromatic N) is 3. The molecule has 0 aliphatic heterocycles. The van der Waals surface area contributed by atoms with Gasteiger partial charge in [0.25, 0.3) is 5.91 Å². The minimum atomic E-state index is -0.221. The van der Waals surface area contributed by atoms with Crippen LogP contribution in [0, 0.1) is 6.92 Å². The Labute approximate surface area is 103 Å². The molecule has 17 heavy (non-hydrogen) atoms. The molecule has 0 bridgehead atoms. The average molecular weight is 251 g/mol. The first kappa shape index (κ1) is 11.6. The number of aryl methyl sites for hydroxylation is 2. The van der Waals surface area contributed by atoms with Gasteiger partial charge < -0.3 is 5.32 Å². The molecule has 0 aliphatic carbocycles. The van der Waals surface area contributed by atoms with Crippen molar-refractivity contribution < 1.29 is 4.79 Å². The van der Waals surface area contributed by atoms with E-state index < -0.39 is 0 Å². The molecule has 6 heteroatoms. The van der Waals surface area contributed by atoms with Gasteiger partial charge in [0.2, 0.25) is 0 Å². The first-order valence-electron chi connectivity index (χ1n) is 4.98. The molecule has 2 aromatic heterocycles. The van der Waals surface area contributed by atoms with Gasteiger partial charge in [-0.25, -0.2) is 4.98 Å². The van der Waals surface area contributed by atoms with E-state index in [-0.39, 0.29) is 5.91 Å². The summed E-state index contributed by atoms with van der Waals surface area (Å²) in [7, 11) is 1.75. The maximum absolute atomic E-state index is 11.8. The van der Waals surface area contributed by atoms with Crippen molar-refractivity contribution in [1.29, 1.82) is 0 Å². The number of hydrogen-bond acceptors (Lipinski definition) is 3. The number of carbonyl (C=O) groups is 1. The van der Waals surface area contributed by atoms with Crippen molar-refractivity contribution in [2.24, 2.45) is 7.05 Å². The van der Waals surface area contributed by atoms with Crippen LogP contribution in [0.15, 0.2) is 24.7 Å². The fourth-order valence-electron chi connectivity index (χ4n) is 1.37. The number of carbonyl (C=O) groups excluding carboxylic acids is 1. The Balaban J connectivity index is 2.15. The molecule has 2 aromatic rings. The monoisotopic (exact) mass is 250 g/mol. The molecule has 0 saturated carbocycles. The van der Waals surface area contributed by atoms with E-state index >= 15 is 0 Å². The quantitative estimate of drug-likeness (QED) is 0.830. The van der Waals surface area contributed by atoms with Crippen molar-refractivity contribution in [3.63, 3.8) is 0 Å². The normalized spacial score (nSPS) is 10.3. The predicted octanol–water partition coefficient (Wildman–Crippen LogP) is 2.03. The van der Waals surface area contributed by atoms with Gasteiger partial charge in [0.1, 0.15) is 5.15 Å². The van der Waals surface area contributed by atoms with Crippen LogP contribution in [0.2, 0.25) is 5.15 Å². The van der Waals surface area contributed by atoms with Crippen molar-refractivity contribution in [2.45, 2.75) is 6.92 Å². The minimum Gasteiger partial charge on any atom is -0.320 e. The van der Waals surface area contributed by atoms with Gasteiger partial charge in [0.15, 0.2) is 0 Å². The van der Waals surface area contributed by atoms with Crippen LogP contribution in [-0.4, -0.2) is 20.7 Å². The predicted molar refractivity (Wildman–Crippen MR) is 65.1 cm³/mol. The Bertz CT molecular complexity index is 564. The number of pyridine rings is 1. The molecule has 2 heterocycles. The molecule has 0 aliphatic rings. The molecule has 0 atom stereocenters. The molecule has 0 fully saturated rings. The zero-order valence-corrected chi connectivity index (χ0v) is 10.2. The zero-order valence-electron chi connectivity index (χ0n) is 9.44. The maximum atomic E-state index is 11.8. The van der Waals surface area contributed by atoms with Crippen molar-refractivity contribution in [2.75, 3.05) is 5.32 Å². The van der Waals surface area contributed by atoms with Crippen LogP contribution >= 0.6 is 11.6 Å². The van der Waals surface area contributed by atoms with E-state index in [0.29, 0.717) is 16.4 Å². The number of halogens is 1. The van der Waals surface area contributed by atoms with E-state index in [1.807, 2.05) is 6.92 Å². The molecule has 0 aromatic carbocycles. The second-order valence-electron chi connectivity index (χ2n) is 3.69. The number of rotatable bonds is 2. The molecule has 0 spiro atoms. The first-order chi connectivity index (χ1) is 8.06. The number of amides is 1. The van der Waals surface area contributed by atoms with Gasteiger partial charge in [-0.15, -0.1) is 0 Å². The summed E-state index contributed by atoms with van der Waals surface area (Å²) < 4.78 is 1.57. The van der Waals surface area contributed by atoms with E-state index in [4.69, 9.17) is 11.6 Å². The minimum absolute atomic E-state index is 0.221. The van der Waals surface area contributed by atoms with Gasteiger partial charge >= 0.3 is 0 Å². The van der Waals surface area contributed by atoms with Crippen LogP contribution in [0.4, 0.5) is 5.69 Å². The van der Waals surface area contributed by atoms with Gasteiger partial charge in [0.05, 0.1) is 23.6 Å². The van der Waals surface area contributed by atoms with Crippen LogP contribution in [0.25, 0.3) is 0 Å². The molecular formula is C11H11ClN4O. The third kappa shape index (κ3) is 2.62. The number of aromatic nitrogens is 3. The van der Waals surface area contributed by atoms with Crippen LogP contribution in [0.5, 0.6) is 0 Å². The van der Waals surface area contributed by atoms with Gasteiger partial charge in [-0.3, -0.25) is 9.48 Å². The lowest BCUT2D eigenvalue weighted by atomic mass is 10.2. The van der Waals surface area contributed by atoms with Gasteiger partial charge in [-0.05, 0) is 18.6 Å². The molecule has 88 valence electrons. The summed E-state index contributed by atoms with van der Waals surface area (Å²) in [5, 5.41) is 7.09. The van der Waals surface area contributed by atoms with Crippen LogP contribution < -0.4 is 5.32 Å². The Morgan fingerprint density at radius 3 is 2.82 bits per heavy atom. The largest absolute Gasteiger partial charge is 0.320 e. The standard InChI is InChI=1S/C11H11ClN4O/c1-7-3-9(5-13-10(7)12)15-11(17)8-4-14-16(2)6-8/h3-6H,1-2H3,(H,15,17). The Morgan fingerprint density at radius 1 is 1.47 bits per heavy atom. The molecule has 0 saturated heterocycles. The van der Waals surface area contributed by atoms with Crippen molar-refractivity contribution >= 4 is 23.2 Å². The lowest BCUT2D eigenvalue weighted by Gasteiger charge is -2.04. The fraction of sp³-hybridized carbons (Fsp3) is 0.182. The second kappa shape index (κ2) is 4.55. The van der Waals surface area contributed by atoms with Gasteiger partial charge in [-0.2, -0.15) is 5.10 Å². The Morgan fingerprint density at radius 2 is 2.24 bits per heavy atom. The summed E-state index contributed by atoms with van der Waals surface area (Å²) in [5.41, 5.74) is 1.93. The summed E-state index contributed by atoms with van der Waals surface area (Å²) in [6, 6.07) is 1.77. The maximum Gasteiger partial charge on any atom is 0.258 e. The third-order valence-corrected chi connectivity index (χ3v) is 2.64. The smallest absolute Gasteiger partial charge is 0.258 e. The van der Waals surface area contributed by atoms with E-state index in [2.05, 4.69) is 15.4 Å². The Hall–Kier alpha value is -1.88. The van der Waals surface area contributed by atoms with Crippen LogP contribution in [-0.2, 0) is 7.05 Å². The first-order valence-corrected chi connectivity index (χ1v) is 5.36. The molecule has 1 amide bonds. The van der Waals surface area contributed by atoms with Crippen LogP contribution in [0.3, 0.4) is 0 Å². The second-order valence-corrected chi connectivity index (χ2v) is 4.05. The highest BCUT2D eigenvalue weighted by molar-refractivity contribution is 6.30.